The number of esters is 1. The summed E-state index contributed by atoms with van der Waals surface area (Å²) in [5.74, 6) is -0.691. The highest BCUT2D eigenvalue weighted by molar-refractivity contribution is 5.88. The van der Waals surface area contributed by atoms with Crippen molar-refractivity contribution in [2.24, 2.45) is 0 Å². The van der Waals surface area contributed by atoms with E-state index in [-0.39, 0.29) is 0 Å². The zero-order chi connectivity index (χ0) is 16.7. The van der Waals surface area contributed by atoms with Crippen molar-refractivity contribution < 1.29 is 18.7 Å². The molecule has 2 atom stereocenters. The van der Waals surface area contributed by atoms with E-state index in [0.717, 1.165) is 5.56 Å². The highest BCUT2D eigenvalue weighted by atomic mass is 16.6. The average molecular weight is 322 g/mol. The molecule has 0 fully saturated rings. The minimum absolute atomic E-state index is 0.357. The van der Waals surface area contributed by atoms with Crippen LogP contribution >= 0.6 is 0 Å². The lowest BCUT2D eigenvalue weighted by Crippen LogP contribution is -2.31. The first-order valence-electron chi connectivity index (χ1n) is 7.56. The fourth-order valence-electron chi connectivity index (χ4n) is 3.18. The molecule has 2 unspecified atom stereocenters. The zero-order valence-electron chi connectivity index (χ0n) is 12.9. The number of hydrogen-bond donors (Lipinski definition) is 0. The van der Waals surface area contributed by atoms with E-state index in [1.54, 1.807) is 18.2 Å². The first-order valence-corrected chi connectivity index (χ1v) is 7.56. The monoisotopic (exact) mass is 322 g/mol. The molecule has 0 amide bonds. The molecule has 1 aliphatic heterocycles. The van der Waals surface area contributed by atoms with Gasteiger partial charge in [-0.15, -0.1) is 0 Å². The van der Waals surface area contributed by atoms with Crippen LogP contribution in [0.4, 0.5) is 0 Å². The number of fused-ring (bicyclic) bond motifs is 3. The second-order valence-corrected chi connectivity index (χ2v) is 5.58. The van der Waals surface area contributed by atoms with E-state index in [4.69, 9.17) is 13.9 Å². The van der Waals surface area contributed by atoms with Gasteiger partial charge in [0.2, 0.25) is 6.10 Å². The maximum Gasteiger partial charge on any atom is 0.348 e. The van der Waals surface area contributed by atoms with Gasteiger partial charge in [0.1, 0.15) is 11.3 Å². The average Bonchev–Trinajstić information content (AvgIpc) is 3.03. The van der Waals surface area contributed by atoms with Gasteiger partial charge in [-0.1, -0.05) is 42.5 Å². The van der Waals surface area contributed by atoms with E-state index in [1.165, 1.54) is 7.11 Å². The Morgan fingerprint density at radius 3 is 2.50 bits per heavy atom. The number of methoxy groups -OCH3 is 1. The first kappa shape index (κ1) is 14.5. The molecule has 0 spiro atoms. The van der Waals surface area contributed by atoms with Crippen LogP contribution in [0.25, 0.3) is 11.0 Å². The van der Waals surface area contributed by atoms with Gasteiger partial charge >= 0.3 is 11.6 Å². The molecular formula is C19H14O5. The van der Waals surface area contributed by atoms with E-state index in [9.17, 15) is 9.59 Å². The van der Waals surface area contributed by atoms with Crippen molar-refractivity contribution in [1.82, 2.24) is 0 Å². The van der Waals surface area contributed by atoms with E-state index in [2.05, 4.69) is 0 Å². The van der Waals surface area contributed by atoms with Gasteiger partial charge in [0, 0.05) is 0 Å². The summed E-state index contributed by atoms with van der Waals surface area (Å²) in [5, 5.41) is 0.666. The fourth-order valence-corrected chi connectivity index (χ4v) is 3.18. The molecule has 0 saturated heterocycles. The van der Waals surface area contributed by atoms with Crippen molar-refractivity contribution in [2.45, 2.75) is 12.0 Å². The van der Waals surface area contributed by atoms with E-state index in [1.807, 2.05) is 36.4 Å². The van der Waals surface area contributed by atoms with Gasteiger partial charge in [0.15, 0.2) is 0 Å². The van der Waals surface area contributed by atoms with Crippen LogP contribution in [0.3, 0.4) is 0 Å². The molecule has 0 bridgehead atoms. The van der Waals surface area contributed by atoms with Gasteiger partial charge in [0.25, 0.3) is 0 Å². The molecule has 5 heteroatoms. The van der Waals surface area contributed by atoms with Crippen LogP contribution in [0.2, 0.25) is 0 Å². The lowest BCUT2D eigenvalue weighted by Gasteiger charge is -2.16. The number of carbonyl (C=O) groups excluding carboxylic acids is 1. The van der Waals surface area contributed by atoms with Gasteiger partial charge in [0.05, 0.1) is 24.0 Å². The Bertz CT molecular complexity index is 974. The molecule has 1 aliphatic rings. The summed E-state index contributed by atoms with van der Waals surface area (Å²) >= 11 is 0. The lowest BCUT2D eigenvalue weighted by atomic mass is 9.88. The van der Waals surface area contributed by atoms with Crippen LogP contribution in [-0.2, 0) is 9.53 Å². The van der Waals surface area contributed by atoms with E-state index >= 15 is 0 Å². The van der Waals surface area contributed by atoms with Crippen molar-refractivity contribution >= 4 is 16.9 Å². The smallest absolute Gasteiger partial charge is 0.348 e. The van der Waals surface area contributed by atoms with Crippen molar-refractivity contribution in [3.8, 4) is 5.75 Å². The predicted molar refractivity (Wildman–Crippen MR) is 87.2 cm³/mol. The van der Waals surface area contributed by atoms with Crippen molar-refractivity contribution in [3.05, 3.63) is 76.1 Å². The number of hydrogen-bond acceptors (Lipinski definition) is 5. The van der Waals surface area contributed by atoms with Gasteiger partial charge in [-0.05, 0) is 17.7 Å². The van der Waals surface area contributed by atoms with Crippen LogP contribution in [-0.4, -0.2) is 19.2 Å². The first-order chi connectivity index (χ1) is 11.7. The quantitative estimate of drug-likeness (QED) is 0.536. The van der Waals surface area contributed by atoms with Crippen LogP contribution in [0.15, 0.2) is 63.8 Å². The molecule has 24 heavy (non-hydrogen) atoms. The summed E-state index contributed by atoms with van der Waals surface area (Å²) < 4.78 is 16.2. The molecule has 4 rings (SSSR count). The van der Waals surface area contributed by atoms with E-state index < -0.39 is 23.6 Å². The molecule has 0 aliphatic carbocycles. The van der Waals surface area contributed by atoms with Crippen molar-refractivity contribution in [2.75, 3.05) is 7.11 Å². The Kier molecular flexibility index (Phi) is 3.34. The Balaban J connectivity index is 2.00. The van der Waals surface area contributed by atoms with Crippen LogP contribution < -0.4 is 10.4 Å². The third-order valence-electron chi connectivity index (χ3n) is 4.25. The minimum Gasteiger partial charge on any atom is -0.476 e. The molecule has 5 nitrogen and oxygen atoms in total. The summed E-state index contributed by atoms with van der Waals surface area (Å²) in [6, 6.07) is 16.4. The lowest BCUT2D eigenvalue weighted by molar-refractivity contribution is -0.148. The van der Waals surface area contributed by atoms with Gasteiger partial charge in [-0.25, -0.2) is 9.59 Å². The molecule has 3 aromatic rings. The van der Waals surface area contributed by atoms with Crippen LogP contribution in [0, 0.1) is 0 Å². The largest absolute Gasteiger partial charge is 0.476 e. The van der Waals surface area contributed by atoms with Gasteiger partial charge < -0.3 is 13.9 Å². The third-order valence-corrected chi connectivity index (χ3v) is 4.25. The molecule has 2 heterocycles. The molecule has 0 N–H and O–H groups in total. The third kappa shape index (κ3) is 2.09. The standard InChI is InChI=1S/C19H14O5/c1-22-19(21)17-14(11-7-3-2-4-8-11)15-16(24-17)12-9-5-6-10-13(12)23-18(15)20/h2-10,14,17H,1H3. The summed E-state index contributed by atoms with van der Waals surface area (Å²) in [6.07, 6.45) is -0.916. The second-order valence-electron chi connectivity index (χ2n) is 5.58. The Labute approximate surface area is 137 Å². The van der Waals surface area contributed by atoms with Crippen molar-refractivity contribution in [1.29, 1.82) is 0 Å². The number of carbonyl (C=O) groups is 1. The molecule has 1 aromatic heterocycles. The van der Waals surface area contributed by atoms with Crippen LogP contribution in [0.1, 0.15) is 17.0 Å². The van der Waals surface area contributed by atoms with Crippen molar-refractivity contribution in [3.63, 3.8) is 0 Å². The maximum absolute atomic E-state index is 12.6. The molecule has 120 valence electrons. The minimum atomic E-state index is -0.916. The maximum atomic E-state index is 12.6. The summed E-state index contributed by atoms with van der Waals surface area (Å²) in [7, 11) is 1.30. The molecule has 0 radical (unpaired) electrons. The van der Waals surface area contributed by atoms with E-state index in [0.29, 0.717) is 22.3 Å². The van der Waals surface area contributed by atoms with Gasteiger partial charge in [-0.3, -0.25) is 0 Å². The fraction of sp³-hybridized carbons (Fsp3) is 0.158. The normalized spacial score (nSPS) is 18.9. The van der Waals surface area contributed by atoms with Crippen LogP contribution in [0.5, 0.6) is 5.75 Å². The topological polar surface area (TPSA) is 65.7 Å². The number of rotatable bonds is 2. The molecule has 0 saturated carbocycles. The number of benzene rings is 2. The molecular weight excluding hydrogens is 308 g/mol. The second kappa shape index (κ2) is 5.53. The zero-order valence-corrected chi connectivity index (χ0v) is 12.9. The number of ether oxygens (including phenoxy) is 2. The summed E-state index contributed by atoms with van der Waals surface area (Å²) in [5.41, 5.74) is 1.09. The summed E-state index contributed by atoms with van der Waals surface area (Å²) in [6.45, 7) is 0. The Hall–Kier alpha value is -3.08. The molecule has 2 aromatic carbocycles. The number of para-hydroxylation sites is 1. The highest BCUT2D eigenvalue weighted by Gasteiger charge is 2.44. The Morgan fingerprint density at radius 1 is 1.04 bits per heavy atom. The highest BCUT2D eigenvalue weighted by Crippen LogP contribution is 2.44. The summed E-state index contributed by atoms with van der Waals surface area (Å²) in [4.78, 5) is 24.8. The Morgan fingerprint density at radius 2 is 1.75 bits per heavy atom. The SMILES string of the molecule is COC(=O)C1Oc2c(c(=O)oc3ccccc23)C1c1ccccc1. The predicted octanol–water partition coefficient (Wildman–Crippen LogP) is 2.86. The van der Waals surface area contributed by atoms with Gasteiger partial charge in [-0.2, -0.15) is 0 Å².